The van der Waals surface area contributed by atoms with Crippen molar-refractivity contribution in [3.05, 3.63) is 64.7 Å². The van der Waals surface area contributed by atoms with Gasteiger partial charge in [-0.1, -0.05) is 30.3 Å². The number of nitro groups is 1. The zero-order chi connectivity index (χ0) is 20.4. The summed E-state index contributed by atoms with van der Waals surface area (Å²) in [6.45, 7) is -0.557. The summed E-state index contributed by atoms with van der Waals surface area (Å²) in [5.41, 5.74) is 0.727. The second kappa shape index (κ2) is 10.3. The standard InChI is InChI=1S/C19H18N4O5/c20-11-13-22(15-6-2-1-3-7-15)18(24)14-28-19(25)10-12-21-16-8-4-5-9-17(16)23(26)27/h1-9,21H,10,12-14H2. The summed E-state index contributed by atoms with van der Waals surface area (Å²) in [6, 6.07) is 16.6. The van der Waals surface area contributed by atoms with Gasteiger partial charge in [0.1, 0.15) is 12.2 Å². The molecule has 0 radical (unpaired) electrons. The van der Waals surface area contributed by atoms with Crippen molar-refractivity contribution in [1.82, 2.24) is 0 Å². The van der Waals surface area contributed by atoms with E-state index in [4.69, 9.17) is 10.00 Å². The predicted octanol–water partition coefficient (Wildman–Crippen LogP) is 2.50. The molecule has 0 aliphatic carbocycles. The van der Waals surface area contributed by atoms with Crippen molar-refractivity contribution in [3.63, 3.8) is 0 Å². The number of ether oxygens (including phenoxy) is 1. The van der Waals surface area contributed by atoms with Gasteiger partial charge in [0, 0.05) is 18.3 Å². The molecule has 0 spiro atoms. The fourth-order valence-electron chi connectivity index (χ4n) is 2.38. The van der Waals surface area contributed by atoms with E-state index in [1.165, 1.54) is 17.0 Å². The number of hydrogen-bond acceptors (Lipinski definition) is 7. The number of nitro benzene ring substituents is 1. The Morgan fingerprint density at radius 1 is 1.14 bits per heavy atom. The second-order valence-corrected chi connectivity index (χ2v) is 5.59. The van der Waals surface area contributed by atoms with Crippen molar-refractivity contribution < 1.29 is 19.2 Å². The molecule has 0 fully saturated rings. The maximum atomic E-state index is 12.3. The van der Waals surface area contributed by atoms with Crippen molar-refractivity contribution in [2.24, 2.45) is 0 Å². The van der Waals surface area contributed by atoms with Crippen molar-refractivity contribution in [2.75, 3.05) is 29.9 Å². The third-order valence-electron chi connectivity index (χ3n) is 3.70. The molecular weight excluding hydrogens is 364 g/mol. The Bertz CT molecular complexity index is 879. The van der Waals surface area contributed by atoms with Gasteiger partial charge >= 0.3 is 5.97 Å². The average molecular weight is 382 g/mol. The number of anilines is 2. The Kier molecular flexibility index (Phi) is 7.48. The van der Waals surface area contributed by atoms with Gasteiger partial charge in [-0.2, -0.15) is 5.26 Å². The van der Waals surface area contributed by atoms with Gasteiger partial charge in [0.2, 0.25) is 0 Å². The van der Waals surface area contributed by atoms with Gasteiger partial charge in [0.25, 0.3) is 11.6 Å². The van der Waals surface area contributed by atoms with Gasteiger partial charge in [0.05, 0.1) is 17.4 Å². The van der Waals surface area contributed by atoms with Gasteiger partial charge in [-0.25, -0.2) is 0 Å². The second-order valence-electron chi connectivity index (χ2n) is 5.59. The highest BCUT2D eigenvalue weighted by Crippen LogP contribution is 2.22. The SMILES string of the molecule is N#CCN(C(=O)COC(=O)CCNc1ccccc1[N+](=O)[O-])c1ccccc1. The van der Waals surface area contributed by atoms with Crippen LogP contribution in [-0.4, -0.2) is 36.5 Å². The number of carbonyl (C=O) groups is 2. The number of rotatable bonds is 9. The molecule has 9 nitrogen and oxygen atoms in total. The Balaban J connectivity index is 1.83. The molecule has 144 valence electrons. The molecule has 1 N–H and O–H groups in total. The van der Waals surface area contributed by atoms with Crippen LogP contribution in [0.2, 0.25) is 0 Å². The van der Waals surface area contributed by atoms with Crippen LogP contribution < -0.4 is 10.2 Å². The molecule has 9 heteroatoms. The molecule has 0 saturated heterocycles. The molecule has 0 aliphatic heterocycles. The van der Waals surface area contributed by atoms with Crippen LogP contribution in [0.4, 0.5) is 17.1 Å². The molecular formula is C19H18N4O5. The molecule has 2 aromatic rings. The molecule has 0 bridgehead atoms. The van der Waals surface area contributed by atoms with E-state index >= 15 is 0 Å². The Hall–Kier alpha value is -3.93. The van der Waals surface area contributed by atoms with E-state index in [9.17, 15) is 19.7 Å². The summed E-state index contributed by atoms with van der Waals surface area (Å²) >= 11 is 0. The van der Waals surface area contributed by atoms with Gasteiger partial charge in [-0.3, -0.25) is 24.6 Å². The van der Waals surface area contributed by atoms with Gasteiger partial charge in [-0.15, -0.1) is 0 Å². The molecule has 0 atom stereocenters. The smallest absolute Gasteiger partial charge is 0.308 e. The number of para-hydroxylation sites is 3. The van der Waals surface area contributed by atoms with Crippen LogP contribution in [0.5, 0.6) is 0 Å². The Morgan fingerprint density at radius 2 is 1.82 bits per heavy atom. The van der Waals surface area contributed by atoms with Crippen LogP contribution in [0.1, 0.15) is 6.42 Å². The Labute approximate surface area is 161 Å². The molecule has 1 amide bonds. The minimum Gasteiger partial charge on any atom is -0.455 e. The highest BCUT2D eigenvalue weighted by atomic mass is 16.6. The number of esters is 1. The lowest BCUT2D eigenvalue weighted by Gasteiger charge is -2.19. The molecule has 0 saturated carbocycles. The third-order valence-corrected chi connectivity index (χ3v) is 3.70. The van der Waals surface area contributed by atoms with E-state index in [-0.39, 0.29) is 25.2 Å². The van der Waals surface area contributed by atoms with Crippen LogP contribution >= 0.6 is 0 Å². The summed E-state index contributed by atoms with van der Waals surface area (Å²) in [7, 11) is 0. The summed E-state index contributed by atoms with van der Waals surface area (Å²) in [4.78, 5) is 35.7. The topological polar surface area (TPSA) is 126 Å². The van der Waals surface area contributed by atoms with Crippen molar-refractivity contribution >= 4 is 28.9 Å². The summed E-state index contributed by atoms with van der Waals surface area (Å²) < 4.78 is 4.95. The fourth-order valence-corrected chi connectivity index (χ4v) is 2.38. The summed E-state index contributed by atoms with van der Waals surface area (Å²) in [5.74, 6) is -1.16. The highest BCUT2D eigenvalue weighted by molar-refractivity contribution is 5.95. The van der Waals surface area contributed by atoms with Gasteiger partial charge in [-0.05, 0) is 18.2 Å². The fraction of sp³-hybridized carbons (Fsp3) is 0.211. The zero-order valence-corrected chi connectivity index (χ0v) is 14.9. The Morgan fingerprint density at radius 3 is 2.50 bits per heavy atom. The number of hydrogen-bond donors (Lipinski definition) is 1. The van der Waals surface area contributed by atoms with E-state index in [2.05, 4.69) is 5.32 Å². The first-order chi connectivity index (χ1) is 13.5. The molecule has 0 heterocycles. The first-order valence-corrected chi connectivity index (χ1v) is 8.38. The maximum Gasteiger partial charge on any atom is 0.308 e. The minimum absolute atomic E-state index is 0.0804. The predicted molar refractivity (Wildman–Crippen MR) is 102 cm³/mol. The maximum absolute atomic E-state index is 12.3. The van der Waals surface area contributed by atoms with Gasteiger partial charge < -0.3 is 10.1 Å². The monoisotopic (exact) mass is 382 g/mol. The largest absolute Gasteiger partial charge is 0.455 e. The van der Waals surface area contributed by atoms with Crippen LogP contribution in [-0.2, 0) is 14.3 Å². The lowest BCUT2D eigenvalue weighted by molar-refractivity contribution is -0.384. The van der Waals surface area contributed by atoms with Gasteiger partial charge in [0.15, 0.2) is 6.61 Å². The molecule has 0 aliphatic rings. The van der Waals surface area contributed by atoms with Crippen LogP contribution in [0, 0.1) is 21.4 Å². The highest BCUT2D eigenvalue weighted by Gasteiger charge is 2.17. The van der Waals surface area contributed by atoms with E-state index in [1.54, 1.807) is 42.5 Å². The number of carbonyl (C=O) groups excluding carboxylic acids is 2. The van der Waals surface area contributed by atoms with Crippen molar-refractivity contribution in [2.45, 2.75) is 6.42 Å². The molecule has 0 unspecified atom stereocenters. The van der Waals surface area contributed by atoms with Crippen molar-refractivity contribution in [3.8, 4) is 6.07 Å². The van der Waals surface area contributed by atoms with E-state index in [0.717, 1.165) is 0 Å². The van der Waals surface area contributed by atoms with E-state index < -0.39 is 23.4 Å². The number of nitrogens with one attached hydrogen (secondary N) is 1. The van der Waals surface area contributed by atoms with Crippen LogP contribution in [0.25, 0.3) is 0 Å². The lowest BCUT2D eigenvalue weighted by atomic mass is 10.2. The first kappa shape index (κ1) is 20.4. The minimum atomic E-state index is -0.635. The van der Waals surface area contributed by atoms with E-state index in [0.29, 0.717) is 11.4 Å². The number of benzene rings is 2. The molecule has 2 aromatic carbocycles. The number of amides is 1. The molecule has 0 aromatic heterocycles. The molecule has 28 heavy (non-hydrogen) atoms. The summed E-state index contributed by atoms with van der Waals surface area (Å²) in [5, 5.41) is 22.6. The normalized spacial score (nSPS) is 9.82. The van der Waals surface area contributed by atoms with Crippen LogP contribution in [0.3, 0.4) is 0 Å². The molecule has 2 rings (SSSR count). The first-order valence-electron chi connectivity index (χ1n) is 8.38. The summed E-state index contributed by atoms with van der Waals surface area (Å²) in [6.07, 6.45) is -0.0804. The number of nitrogens with zero attached hydrogens (tertiary/aromatic N) is 3. The third kappa shape index (κ3) is 5.81. The lowest BCUT2D eigenvalue weighted by Crippen LogP contribution is -2.35. The number of nitriles is 1. The van der Waals surface area contributed by atoms with Crippen molar-refractivity contribution in [1.29, 1.82) is 5.26 Å². The zero-order valence-electron chi connectivity index (χ0n) is 14.9. The van der Waals surface area contributed by atoms with Crippen LogP contribution in [0.15, 0.2) is 54.6 Å². The average Bonchev–Trinajstić information content (AvgIpc) is 2.71. The quantitative estimate of drug-likeness (QED) is 0.306. The van der Waals surface area contributed by atoms with E-state index in [1.807, 2.05) is 6.07 Å².